The Bertz CT molecular complexity index is 1010. The zero-order chi connectivity index (χ0) is 26.3. The Labute approximate surface area is 212 Å². The molecule has 1 aliphatic rings. The molecule has 1 saturated heterocycles. The standard InChI is InChI=1S/C21H26BCl2N3O8/c1-11(2)6-15(22-34-20(33)21(35-22,9-18(30)31)8-16(28)25-3)27-17(29)10-26-19(32)13-7-12(23)4-5-14(13)24/h4-5,7,11,15H,6,8-10H2,1-3H3,(H,25,28)(H,26,32)(H,27,29)(H,30,31)/t15-,21?/m0/s1. The number of hydrogen-bond donors (Lipinski definition) is 4. The zero-order valence-electron chi connectivity index (χ0n) is 19.4. The molecule has 35 heavy (non-hydrogen) atoms. The normalized spacial score (nSPS) is 18.1. The maximum atomic E-state index is 12.6. The average Bonchev–Trinajstić information content (AvgIpc) is 3.07. The number of nitrogens with one attached hydrogen (secondary N) is 3. The summed E-state index contributed by atoms with van der Waals surface area (Å²) in [6, 6.07) is 4.33. The van der Waals surface area contributed by atoms with Crippen LogP contribution in [0.4, 0.5) is 0 Å². The Morgan fingerprint density at radius 2 is 1.83 bits per heavy atom. The number of aliphatic carboxylic acids is 1. The summed E-state index contributed by atoms with van der Waals surface area (Å²) in [5.74, 6) is -5.10. The molecule has 1 heterocycles. The summed E-state index contributed by atoms with van der Waals surface area (Å²) in [6.45, 7) is 3.28. The van der Waals surface area contributed by atoms with Gasteiger partial charge in [0.05, 0.1) is 35.9 Å². The molecule has 190 valence electrons. The van der Waals surface area contributed by atoms with Crippen LogP contribution in [0.2, 0.25) is 10.0 Å². The van der Waals surface area contributed by atoms with Gasteiger partial charge in [0.25, 0.3) is 5.91 Å². The van der Waals surface area contributed by atoms with Gasteiger partial charge in [0.15, 0.2) is 5.60 Å². The zero-order valence-corrected chi connectivity index (χ0v) is 20.9. The molecule has 0 bridgehead atoms. The first-order valence-corrected chi connectivity index (χ1v) is 11.5. The van der Waals surface area contributed by atoms with Gasteiger partial charge in [-0.05, 0) is 30.5 Å². The van der Waals surface area contributed by atoms with E-state index >= 15 is 0 Å². The molecule has 0 aliphatic carbocycles. The minimum Gasteiger partial charge on any atom is -0.506 e. The highest BCUT2D eigenvalue weighted by molar-refractivity contribution is 6.51. The first kappa shape index (κ1) is 28.4. The van der Waals surface area contributed by atoms with E-state index < -0.39 is 67.7 Å². The highest BCUT2D eigenvalue weighted by Crippen LogP contribution is 2.32. The van der Waals surface area contributed by atoms with Crippen molar-refractivity contribution < 1.29 is 38.4 Å². The summed E-state index contributed by atoms with van der Waals surface area (Å²) in [5, 5.41) is 17.1. The van der Waals surface area contributed by atoms with Crippen molar-refractivity contribution in [1.82, 2.24) is 16.0 Å². The van der Waals surface area contributed by atoms with Crippen molar-refractivity contribution in [3.05, 3.63) is 33.8 Å². The predicted octanol–water partition coefficient (Wildman–Crippen LogP) is 1.20. The van der Waals surface area contributed by atoms with E-state index in [2.05, 4.69) is 16.0 Å². The van der Waals surface area contributed by atoms with Gasteiger partial charge in [0, 0.05) is 12.1 Å². The van der Waals surface area contributed by atoms with Gasteiger partial charge in [0.1, 0.15) is 0 Å². The Balaban J connectivity index is 2.12. The molecule has 3 amide bonds. The second-order valence-corrected chi connectivity index (χ2v) is 9.26. The highest BCUT2D eigenvalue weighted by Gasteiger charge is 2.57. The molecule has 2 rings (SSSR count). The van der Waals surface area contributed by atoms with Crippen molar-refractivity contribution >= 4 is 60.0 Å². The summed E-state index contributed by atoms with van der Waals surface area (Å²) in [4.78, 5) is 60.9. The van der Waals surface area contributed by atoms with Crippen LogP contribution in [0.15, 0.2) is 18.2 Å². The lowest BCUT2D eigenvalue weighted by molar-refractivity contribution is -0.154. The van der Waals surface area contributed by atoms with Crippen molar-refractivity contribution in [2.45, 2.75) is 44.7 Å². The second kappa shape index (κ2) is 12.2. The average molecular weight is 530 g/mol. The van der Waals surface area contributed by atoms with Crippen molar-refractivity contribution in [1.29, 1.82) is 0 Å². The molecule has 1 aromatic carbocycles. The number of amides is 3. The Morgan fingerprint density at radius 3 is 2.43 bits per heavy atom. The maximum absolute atomic E-state index is 12.6. The molecule has 1 unspecified atom stereocenters. The SMILES string of the molecule is CNC(=O)CC1(CC(=O)O)OB([C@H](CC(C)C)NC(=O)CNC(=O)c2cc(Cl)ccc2Cl)OC1=O. The monoisotopic (exact) mass is 529 g/mol. The van der Waals surface area contributed by atoms with Crippen LogP contribution in [-0.4, -0.2) is 67.0 Å². The number of benzene rings is 1. The molecule has 1 aliphatic heterocycles. The quantitative estimate of drug-likeness (QED) is 0.311. The molecular weight excluding hydrogens is 504 g/mol. The number of carbonyl (C=O) groups is 5. The fraction of sp³-hybridized carbons (Fsp3) is 0.476. The molecule has 0 aromatic heterocycles. The van der Waals surface area contributed by atoms with Crippen LogP contribution in [-0.2, 0) is 28.5 Å². The number of carboxylic acids is 1. The number of hydrogen-bond acceptors (Lipinski definition) is 7. The molecular formula is C21H26BCl2N3O8. The maximum Gasteiger partial charge on any atom is 0.552 e. The van der Waals surface area contributed by atoms with Crippen LogP contribution in [0, 0.1) is 5.92 Å². The van der Waals surface area contributed by atoms with Crippen molar-refractivity contribution in [3.8, 4) is 0 Å². The lowest BCUT2D eigenvalue weighted by Gasteiger charge is -2.25. The van der Waals surface area contributed by atoms with Gasteiger partial charge in [-0.3, -0.25) is 24.0 Å². The molecule has 1 aromatic rings. The Morgan fingerprint density at radius 1 is 1.14 bits per heavy atom. The lowest BCUT2D eigenvalue weighted by atomic mass is 9.74. The first-order chi connectivity index (χ1) is 16.4. The fourth-order valence-electron chi connectivity index (χ4n) is 3.48. The topological polar surface area (TPSA) is 160 Å². The van der Waals surface area contributed by atoms with Crippen LogP contribution in [0.25, 0.3) is 0 Å². The molecule has 0 spiro atoms. The van der Waals surface area contributed by atoms with Gasteiger partial charge in [0.2, 0.25) is 11.8 Å². The van der Waals surface area contributed by atoms with E-state index in [1.165, 1.54) is 25.2 Å². The van der Waals surface area contributed by atoms with Crippen molar-refractivity contribution in [2.24, 2.45) is 5.92 Å². The van der Waals surface area contributed by atoms with Crippen molar-refractivity contribution in [2.75, 3.05) is 13.6 Å². The molecule has 0 radical (unpaired) electrons. The summed E-state index contributed by atoms with van der Waals surface area (Å²) in [6.07, 6.45) is -1.07. The number of halogens is 2. The van der Waals surface area contributed by atoms with Crippen LogP contribution in [0.1, 0.15) is 43.5 Å². The largest absolute Gasteiger partial charge is 0.552 e. The molecule has 14 heteroatoms. The van der Waals surface area contributed by atoms with E-state index in [0.29, 0.717) is 11.4 Å². The summed E-state index contributed by atoms with van der Waals surface area (Å²) >= 11 is 11.9. The Hall–Kier alpha value is -2.83. The van der Waals surface area contributed by atoms with Crippen LogP contribution in [0.5, 0.6) is 0 Å². The molecule has 2 atom stereocenters. The van der Waals surface area contributed by atoms with Gasteiger partial charge in [-0.25, -0.2) is 0 Å². The van der Waals surface area contributed by atoms with Crippen LogP contribution >= 0.6 is 23.2 Å². The van der Waals surface area contributed by atoms with Gasteiger partial charge in [-0.15, -0.1) is 0 Å². The number of carboxylic acid groups (broad SMARTS) is 1. The van der Waals surface area contributed by atoms with Gasteiger partial charge in [-0.2, -0.15) is 0 Å². The van der Waals surface area contributed by atoms with Crippen LogP contribution < -0.4 is 16.0 Å². The lowest BCUT2D eigenvalue weighted by Crippen LogP contribution is -2.52. The highest BCUT2D eigenvalue weighted by atomic mass is 35.5. The smallest absolute Gasteiger partial charge is 0.506 e. The minimum atomic E-state index is -2.03. The van der Waals surface area contributed by atoms with E-state index in [1.807, 2.05) is 13.8 Å². The van der Waals surface area contributed by atoms with E-state index in [1.54, 1.807) is 0 Å². The summed E-state index contributed by atoms with van der Waals surface area (Å²) < 4.78 is 11.0. The van der Waals surface area contributed by atoms with E-state index in [9.17, 15) is 29.1 Å². The van der Waals surface area contributed by atoms with Gasteiger partial charge >= 0.3 is 19.1 Å². The third-order valence-electron chi connectivity index (χ3n) is 5.08. The second-order valence-electron chi connectivity index (χ2n) is 8.42. The fourth-order valence-corrected chi connectivity index (χ4v) is 3.86. The molecule has 11 nitrogen and oxygen atoms in total. The van der Waals surface area contributed by atoms with E-state index in [0.717, 1.165) is 0 Å². The van der Waals surface area contributed by atoms with E-state index in [-0.39, 0.29) is 16.5 Å². The summed E-state index contributed by atoms with van der Waals surface area (Å²) in [5.41, 5.74) is -1.94. The first-order valence-electron chi connectivity index (χ1n) is 10.7. The molecule has 1 fully saturated rings. The van der Waals surface area contributed by atoms with Crippen molar-refractivity contribution in [3.63, 3.8) is 0 Å². The number of rotatable bonds is 11. The van der Waals surface area contributed by atoms with E-state index in [4.69, 9.17) is 32.5 Å². The minimum absolute atomic E-state index is 0.0101. The predicted molar refractivity (Wildman–Crippen MR) is 127 cm³/mol. The number of carbonyl (C=O) groups excluding carboxylic acids is 4. The third kappa shape index (κ3) is 7.84. The van der Waals surface area contributed by atoms with Gasteiger partial charge in [-0.1, -0.05) is 37.0 Å². The Kier molecular flexibility index (Phi) is 9.93. The molecule has 0 saturated carbocycles. The summed E-state index contributed by atoms with van der Waals surface area (Å²) in [7, 11) is -0.00255. The van der Waals surface area contributed by atoms with Gasteiger partial charge < -0.3 is 30.4 Å². The molecule has 4 N–H and O–H groups in total. The third-order valence-corrected chi connectivity index (χ3v) is 5.65. The van der Waals surface area contributed by atoms with Crippen LogP contribution in [0.3, 0.4) is 0 Å².